The monoisotopic (exact) mass is 786 g/mol. The highest BCUT2D eigenvalue weighted by molar-refractivity contribution is 7.52. The average Bonchev–Trinajstić information content (AvgIpc) is 3.72. The number of esters is 1. The highest BCUT2D eigenvalue weighted by Gasteiger charge is 2.50. The van der Waals surface area contributed by atoms with Crippen molar-refractivity contribution in [3.8, 4) is 18.1 Å². The fourth-order valence-electron chi connectivity index (χ4n) is 6.26. The lowest BCUT2D eigenvalue weighted by atomic mass is 9.99. The van der Waals surface area contributed by atoms with Crippen LogP contribution in [0.5, 0.6) is 5.75 Å². The molecule has 1 saturated heterocycles. The summed E-state index contributed by atoms with van der Waals surface area (Å²) in [5.74, 6) is -0.386. The van der Waals surface area contributed by atoms with E-state index in [0.717, 1.165) is 37.8 Å². The molecule has 1 fully saturated rings. The number of aromatic nitrogens is 4. The van der Waals surface area contributed by atoms with Crippen molar-refractivity contribution in [1.82, 2.24) is 24.6 Å². The molecule has 0 amide bonds. The molecule has 0 spiro atoms. The molecule has 5 atom stereocenters. The van der Waals surface area contributed by atoms with E-state index >= 15 is 0 Å². The first-order chi connectivity index (χ1) is 26.4. The molecule has 4 N–H and O–H groups in total. The third kappa shape index (κ3) is 11.3. The second-order valence-corrected chi connectivity index (χ2v) is 15.1. The number of nitrogen functional groups attached to an aromatic ring is 1. The molecule has 2 aromatic carbocycles. The number of aliphatic hydroxyl groups is 1. The van der Waals surface area contributed by atoms with E-state index in [1.54, 1.807) is 18.2 Å². The maximum absolute atomic E-state index is 14.6. The molecule has 1 unspecified atom stereocenters. The molecule has 0 bridgehead atoms. The van der Waals surface area contributed by atoms with E-state index in [4.69, 9.17) is 30.7 Å². The summed E-state index contributed by atoms with van der Waals surface area (Å²) in [6.45, 7) is 1.48. The first-order valence-electron chi connectivity index (χ1n) is 18.3. The van der Waals surface area contributed by atoms with Gasteiger partial charge in [0.1, 0.15) is 42.4 Å². The molecule has 55 heavy (non-hydrogen) atoms. The molecule has 296 valence electrons. The second-order valence-electron chi connectivity index (χ2n) is 13.4. The predicted octanol–water partition coefficient (Wildman–Crippen LogP) is 6.96. The molecular formula is C38H46F3N6O7P. The van der Waals surface area contributed by atoms with E-state index in [9.17, 15) is 27.6 Å². The highest BCUT2D eigenvalue weighted by Crippen LogP contribution is 2.48. The van der Waals surface area contributed by atoms with Gasteiger partial charge in [-0.15, -0.1) is 6.42 Å². The van der Waals surface area contributed by atoms with Crippen LogP contribution < -0.4 is 15.3 Å². The Morgan fingerprint density at radius 3 is 2.44 bits per heavy atom. The van der Waals surface area contributed by atoms with Crippen molar-refractivity contribution in [2.24, 2.45) is 0 Å². The summed E-state index contributed by atoms with van der Waals surface area (Å²) in [4.78, 5) is 24.9. The van der Waals surface area contributed by atoms with Crippen LogP contribution in [-0.2, 0) is 29.8 Å². The van der Waals surface area contributed by atoms with Gasteiger partial charge in [0.2, 0.25) is 0 Å². The van der Waals surface area contributed by atoms with Crippen LogP contribution in [0, 0.1) is 30.1 Å². The number of halogens is 3. The number of nitrogens with one attached hydrogen (secondary N) is 1. The molecule has 13 nitrogen and oxygen atoms in total. The van der Waals surface area contributed by atoms with Crippen molar-refractivity contribution < 1.29 is 46.2 Å². The maximum Gasteiger partial charge on any atom is 0.459 e. The van der Waals surface area contributed by atoms with Gasteiger partial charge in [0.05, 0.1) is 12.9 Å². The number of carbonyl (C=O) groups excluding carboxylic acids is 1. The van der Waals surface area contributed by atoms with Crippen LogP contribution in [-0.4, -0.2) is 61.6 Å². The first kappa shape index (κ1) is 41.6. The van der Waals surface area contributed by atoms with E-state index in [2.05, 4.69) is 32.9 Å². The fourth-order valence-corrected chi connectivity index (χ4v) is 7.78. The topological polar surface area (TPSA) is 173 Å². The minimum absolute atomic E-state index is 0.0202. The summed E-state index contributed by atoms with van der Waals surface area (Å²) in [5.41, 5.74) is 3.98. The van der Waals surface area contributed by atoms with Gasteiger partial charge in [-0.25, -0.2) is 18.3 Å². The third-order valence-electron chi connectivity index (χ3n) is 9.16. The minimum atomic E-state index is -4.68. The Morgan fingerprint density at radius 2 is 1.76 bits per heavy atom. The van der Waals surface area contributed by atoms with Crippen molar-refractivity contribution in [1.29, 1.82) is 0 Å². The molecule has 3 heterocycles. The maximum atomic E-state index is 14.6. The van der Waals surface area contributed by atoms with Crippen LogP contribution in [0.25, 0.3) is 11.2 Å². The summed E-state index contributed by atoms with van der Waals surface area (Å²) in [5, 5.41) is 13.8. The van der Waals surface area contributed by atoms with E-state index in [1.165, 1.54) is 48.7 Å². The molecule has 1 aliphatic heterocycles. The largest absolute Gasteiger partial charge is 0.465 e. The van der Waals surface area contributed by atoms with E-state index in [1.807, 2.05) is 0 Å². The zero-order valence-corrected chi connectivity index (χ0v) is 31.4. The number of hydrogen-bond acceptors (Lipinski definition) is 11. The van der Waals surface area contributed by atoms with E-state index in [0.29, 0.717) is 12.5 Å². The van der Waals surface area contributed by atoms with Crippen molar-refractivity contribution in [3.05, 3.63) is 78.1 Å². The van der Waals surface area contributed by atoms with Crippen LogP contribution in [0.3, 0.4) is 0 Å². The normalized spacial score (nSPS) is 19.9. The number of nitrogens with zero attached hydrogens (tertiary/aromatic N) is 4. The number of fused-ring (bicyclic) bond motifs is 1. The standard InChI is InChI=1S/C38H46F3N6O7P/c1-3-5-6-7-8-9-10-11-15-18-51-36(49)30(21-26-19-27(39)22-28(40)20-26)46-55(50,54-29-16-13-12-14-17-29)52-24-38(4-2)31(48)23-32(53-38)47-25-43-33-34(42)44-37(41)45-35(33)47/h2,12-14,16-17,19-20,22,25,30-32,48H,3,5-11,15,18,21,23-24H2,1H3,(H,46,50)(H2,42,44,45)/t30-,31-,32+,38+,55?/m0/s1. The fraction of sp³-hybridized carbons (Fsp3) is 0.474. The Bertz CT molecular complexity index is 1960. The quantitative estimate of drug-likeness (QED) is 0.0261. The Morgan fingerprint density at radius 1 is 1.09 bits per heavy atom. The van der Waals surface area contributed by atoms with Crippen LogP contribution in [0.2, 0.25) is 0 Å². The number of aliphatic hydroxyl groups excluding tert-OH is 1. The van der Waals surface area contributed by atoms with Crippen LogP contribution in [0.4, 0.5) is 19.0 Å². The highest BCUT2D eigenvalue weighted by atomic mass is 31.2. The Labute approximate surface area is 317 Å². The van der Waals surface area contributed by atoms with Gasteiger partial charge in [-0.3, -0.25) is 13.9 Å². The van der Waals surface area contributed by atoms with Crippen molar-refractivity contribution in [3.63, 3.8) is 0 Å². The number of carbonyl (C=O) groups is 1. The first-order valence-corrected chi connectivity index (χ1v) is 19.9. The lowest BCUT2D eigenvalue weighted by molar-refractivity contribution is -0.146. The number of ether oxygens (including phenoxy) is 2. The van der Waals surface area contributed by atoms with E-state index < -0.39 is 62.0 Å². The number of imidazole rings is 1. The Kier molecular flexibility index (Phi) is 14.7. The minimum Gasteiger partial charge on any atom is -0.465 e. The van der Waals surface area contributed by atoms with Gasteiger partial charge in [0.15, 0.2) is 22.6 Å². The number of para-hydroxylation sites is 1. The molecule has 1 aliphatic rings. The zero-order chi connectivity index (χ0) is 39.4. The Balaban J connectivity index is 1.33. The molecule has 5 rings (SSSR count). The van der Waals surface area contributed by atoms with Gasteiger partial charge >= 0.3 is 19.8 Å². The number of unbranched alkanes of at least 4 members (excludes halogenated alkanes) is 8. The summed E-state index contributed by atoms with van der Waals surface area (Å²) < 4.78 is 81.8. The second kappa shape index (κ2) is 19.4. The summed E-state index contributed by atoms with van der Waals surface area (Å²) in [6, 6.07) is 9.16. The number of nitrogens with two attached hydrogens (primary N) is 1. The molecule has 17 heteroatoms. The number of terminal acetylenes is 1. The van der Waals surface area contributed by atoms with Crippen LogP contribution in [0.1, 0.15) is 82.9 Å². The number of anilines is 1. The van der Waals surface area contributed by atoms with Crippen molar-refractivity contribution >= 4 is 30.7 Å². The zero-order valence-electron chi connectivity index (χ0n) is 30.5. The van der Waals surface area contributed by atoms with E-state index in [-0.39, 0.29) is 47.7 Å². The molecule has 2 aromatic heterocycles. The third-order valence-corrected chi connectivity index (χ3v) is 10.7. The summed E-state index contributed by atoms with van der Waals surface area (Å²) in [7, 11) is -4.68. The van der Waals surface area contributed by atoms with Gasteiger partial charge in [-0.05, 0) is 42.7 Å². The lowest BCUT2D eigenvalue weighted by Crippen LogP contribution is -2.44. The number of hydrogen-bond donors (Lipinski definition) is 3. The van der Waals surface area contributed by atoms with Gasteiger partial charge in [0, 0.05) is 12.5 Å². The van der Waals surface area contributed by atoms with Gasteiger partial charge < -0.3 is 24.8 Å². The number of rotatable bonds is 21. The SMILES string of the molecule is C#C[C@]1(COP(=O)(N[C@@H](Cc2cc(F)cc(F)c2)C(=O)OCCCCCCCCCCC)Oc2ccccc2)O[C@@H](n2cnc3c(N)nc(F)nc32)C[C@@H]1O. The lowest BCUT2D eigenvalue weighted by Gasteiger charge is -2.30. The summed E-state index contributed by atoms with van der Waals surface area (Å²) in [6.07, 6.45) is 12.4. The average molecular weight is 787 g/mol. The molecular weight excluding hydrogens is 740 g/mol. The molecule has 0 saturated carbocycles. The summed E-state index contributed by atoms with van der Waals surface area (Å²) >= 11 is 0. The van der Waals surface area contributed by atoms with Gasteiger partial charge in [-0.2, -0.15) is 19.4 Å². The number of benzene rings is 2. The van der Waals surface area contributed by atoms with Crippen LogP contribution >= 0.6 is 7.75 Å². The molecule has 0 radical (unpaired) electrons. The predicted molar refractivity (Wildman–Crippen MR) is 198 cm³/mol. The van der Waals surface area contributed by atoms with Gasteiger partial charge in [-0.1, -0.05) is 82.4 Å². The Hall–Kier alpha value is -4.52. The van der Waals surface area contributed by atoms with Crippen molar-refractivity contribution in [2.75, 3.05) is 18.9 Å². The molecule has 4 aromatic rings. The van der Waals surface area contributed by atoms with Crippen molar-refractivity contribution in [2.45, 2.75) is 102 Å². The van der Waals surface area contributed by atoms with Gasteiger partial charge in [0.25, 0.3) is 0 Å². The molecule has 0 aliphatic carbocycles. The van der Waals surface area contributed by atoms with Crippen LogP contribution in [0.15, 0.2) is 54.9 Å². The smallest absolute Gasteiger partial charge is 0.459 e.